The molecule has 37 heavy (non-hydrogen) atoms. The lowest BCUT2D eigenvalue weighted by Gasteiger charge is -2.33. The average Bonchev–Trinajstić information content (AvgIpc) is 2.88. The molecule has 3 aromatic rings. The van der Waals surface area contributed by atoms with E-state index in [2.05, 4.69) is 5.32 Å². The van der Waals surface area contributed by atoms with Gasteiger partial charge >= 0.3 is 0 Å². The predicted octanol–water partition coefficient (Wildman–Crippen LogP) is 4.71. The second kappa shape index (κ2) is 12.3. The van der Waals surface area contributed by atoms with Gasteiger partial charge in [0.25, 0.3) is 10.0 Å². The van der Waals surface area contributed by atoms with E-state index in [1.165, 1.54) is 24.1 Å². The number of nitrogens with one attached hydrogen (secondary N) is 1. The quantitative estimate of drug-likeness (QED) is 0.403. The third-order valence-corrected chi connectivity index (χ3v) is 8.15. The fourth-order valence-electron chi connectivity index (χ4n) is 3.95. The number of hydrogen-bond acceptors (Lipinski definition) is 4. The Hall–Kier alpha value is -3.36. The zero-order chi connectivity index (χ0) is 27.2. The first-order valence-corrected chi connectivity index (χ1v) is 13.8. The fourth-order valence-corrected chi connectivity index (χ4v) is 5.49. The molecule has 3 rings (SSSR count). The van der Waals surface area contributed by atoms with E-state index in [0.29, 0.717) is 17.1 Å². The van der Waals surface area contributed by atoms with E-state index < -0.39 is 28.5 Å². The molecular formula is C28H32ClN3O4S. The minimum Gasteiger partial charge on any atom is -0.357 e. The molecule has 0 saturated heterocycles. The number of aryl methyl sites for hydroxylation is 2. The van der Waals surface area contributed by atoms with Crippen molar-refractivity contribution in [2.24, 2.45) is 0 Å². The van der Waals surface area contributed by atoms with E-state index in [0.717, 1.165) is 21.0 Å². The van der Waals surface area contributed by atoms with Crippen LogP contribution in [-0.2, 0) is 26.2 Å². The number of sulfonamides is 1. The SMILES string of the molecule is CCC(C(=O)NC)N(Cc1ccc(C)cc1)C(=O)CN(c1ccc(Cl)cc1)S(=O)(=O)c1ccc(C)cc1. The summed E-state index contributed by atoms with van der Waals surface area (Å²) in [6, 6.07) is 19.6. The molecule has 1 unspecified atom stereocenters. The maximum Gasteiger partial charge on any atom is 0.264 e. The van der Waals surface area contributed by atoms with Gasteiger partial charge in [0, 0.05) is 18.6 Å². The Morgan fingerprint density at radius 3 is 1.95 bits per heavy atom. The van der Waals surface area contributed by atoms with Crippen LogP contribution in [0.5, 0.6) is 0 Å². The van der Waals surface area contributed by atoms with Crippen LogP contribution in [0.2, 0.25) is 5.02 Å². The molecule has 0 bridgehead atoms. The van der Waals surface area contributed by atoms with Crippen LogP contribution in [0.25, 0.3) is 0 Å². The molecule has 0 aliphatic heterocycles. The van der Waals surface area contributed by atoms with Gasteiger partial charge in [0.2, 0.25) is 11.8 Å². The van der Waals surface area contributed by atoms with E-state index in [1.807, 2.05) is 45.0 Å². The van der Waals surface area contributed by atoms with Crippen LogP contribution in [0.15, 0.2) is 77.7 Å². The van der Waals surface area contributed by atoms with Crippen molar-refractivity contribution in [3.05, 3.63) is 94.5 Å². The number of likely N-dealkylation sites (N-methyl/N-ethyl adjacent to an activating group) is 1. The molecule has 3 aromatic carbocycles. The Balaban J connectivity index is 2.04. The molecule has 9 heteroatoms. The van der Waals surface area contributed by atoms with Gasteiger partial charge in [-0.25, -0.2) is 8.42 Å². The van der Waals surface area contributed by atoms with Crippen LogP contribution >= 0.6 is 11.6 Å². The van der Waals surface area contributed by atoms with Crippen LogP contribution < -0.4 is 9.62 Å². The highest BCUT2D eigenvalue weighted by Crippen LogP contribution is 2.26. The van der Waals surface area contributed by atoms with E-state index in [9.17, 15) is 18.0 Å². The summed E-state index contributed by atoms with van der Waals surface area (Å²) in [6.45, 7) is 5.31. The highest BCUT2D eigenvalue weighted by molar-refractivity contribution is 7.92. The molecule has 0 aliphatic rings. The van der Waals surface area contributed by atoms with Crippen molar-refractivity contribution in [1.82, 2.24) is 10.2 Å². The molecule has 0 radical (unpaired) electrons. The van der Waals surface area contributed by atoms with Crippen LogP contribution in [-0.4, -0.2) is 44.8 Å². The number of hydrogen-bond donors (Lipinski definition) is 1. The highest BCUT2D eigenvalue weighted by atomic mass is 35.5. The molecule has 0 saturated carbocycles. The Morgan fingerprint density at radius 2 is 1.43 bits per heavy atom. The first-order chi connectivity index (χ1) is 17.6. The van der Waals surface area contributed by atoms with Gasteiger partial charge in [-0.15, -0.1) is 0 Å². The van der Waals surface area contributed by atoms with E-state index in [-0.39, 0.29) is 17.3 Å². The van der Waals surface area contributed by atoms with Crippen LogP contribution in [0.1, 0.15) is 30.0 Å². The third kappa shape index (κ3) is 6.90. The number of rotatable bonds is 10. The molecule has 1 atom stereocenters. The van der Waals surface area contributed by atoms with Crippen molar-refractivity contribution in [2.45, 2.75) is 44.7 Å². The molecule has 0 spiro atoms. The van der Waals surface area contributed by atoms with Crippen molar-refractivity contribution < 1.29 is 18.0 Å². The molecule has 0 aromatic heterocycles. The second-order valence-corrected chi connectivity index (χ2v) is 11.1. The van der Waals surface area contributed by atoms with Gasteiger partial charge in [0.1, 0.15) is 12.6 Å². The van der Waals surface area contributed by atoms with Crippen LogP contribution in [0, 0.1) is 13.8 Å². The minimum absolute atomic E-state index is 0.0595. The van der Waals surface area contributed by atoms with Crippen molar-refractivity contribution in [3.8, 4) is 0 Å². The monoisotopic (exact) mass is 541 g/mol. The Morgan fingerprint density at radius 1 is 0.892 bits per heavy atom. The summed E-state index contributed by atoms with van der Waals surface area (Å²) >= 11 is 6.05. The van der Waals surface area contributed by atoms with Gasteiger partial charge in [-0.2, -0.15) is 0 Å². The second-order valence-electron chi connectivity index (χ2n) is 8.85. The Kier molecular flexibility index (Phi) is 9.34. The molecule has 0 heterocycles. The van der Waals surface area contributed by atoms with Crippen molar-refractivity contribution >= 4 is 39.1 Å². The third-order valence-electron chi connectivity index (χ3n) is 6.11. The summed E-state index contributed by atoms with van der Waals surface area (Å²) in [5, 5.41) is 3.06. The van der Waals surface area contributed by atoms with Gasteiger partial charge in [0.05, 0.1) is 10.6 Å². The number of carbonyl (C=O) groups excluding carboxylic acids is 2. The number of anilines is 1. The normalized spacial score (nSPS) is 12.0. The summed E-state index contributed by atoms with van der Waals surface area (Å²) in [4.78, 5) is 28.1. The highest BCUT2D eigenvalue weighted by Gasteiger charge is 2.33. The number of halogens is 1. The number of benzene rings is 3. The van der Waals surface area contributed by atoms with Gasteiger partial charge in [-0.1, -0.05) is 66.0 Å². The van der Waals surface area contributed by atoms with Crippen molar-refractivity contribution in [2.75, 3.05) is 17.9 Å². The lowest BCUT2D eigenvalue weighted by atomic mass is 10.1. The topological polar surface area (TPSA) is 86.8 Å². The number of nitrogens with zero attached hydrogens (tertiary/aromatic N) is 2. The molecule has 0 aliphatic carbocycles. The smallest absolute Gasteiger partial charge is 0.264 e. The zero-order valence-corrected chi connectivity index (χ0v) is 23.0. The average molecular weight is 542 g/mol. The maximum absolute atomic E-state index is 13.8. The molecule has 0 fully saturated rings. The summed E-state index contributed by atoms with van der Waals surface area (Å²) in [6.07, 6.45) is 0.364. The Labute approximate surface area is 224 Å². The van der Waals surface area contributed by atoms with Gasteiger partial charge in [-0.05, 0) is 62.2 Å². The standard InChI is InChI=1S/C28H32ClN3O4S/c1-5-26(28(34)30-4)31(18-22-10-6-20(2)7-11-22)27(33)19-32(24-14-12-23(29)13-15-24)37(35,36)25-16-8-21(3)9-17-25/h6-17,26H,5,18-19H2,1-4H3,(H,30,34). The molecule has 7 nitrogen and oxygen atoms in total. The molecule has 2 amide bonds. The lowest BCUT2D eigenvalue weighted by molar-refractivity contribution is -0.140. The summed E-state index contributed by atoms with van der Waals surface area (Å²) in [7, 11) is -2.59. The summed E-state index contributed by atoms with van der Waals surface area (Å²) < 4.78 is 28.6. The van der Waals surface area contributed by atoms with Crippen molar-refractivity contribution in [1.29, 1.82) is 0 Å². The van der Waals surface area contributed by atoms with Gasteiger partial charge in [0.15, 0.2) is 0 Å². The number of carbonyl (C=O) groups is 2. The molecule has 196 valence electrons. The van der Waals surface area contributed by atoms with E-state index in [4.69, 9.17) is 11.6 Å². The van der Waals surface area contributed by atoms with Crippen LogP contribution in [0.3, 0.4) is 0 Å². The predicted molar refractivity (Wildman–Crippen MR) is 147 cm³/mol. The minimum atomic E-state index is -4.11. The lowest BCUT2D eigenvalue weighted by Crippen LogP contribution is -2.51. The molecule has 1 N–H and O–H groups in total. The van der Waals surface area contributed by atoms with Gasteiger partial charge < -0.3 is 10.2 Å². The number of amides is 2. The first kappa shape index (κ1) is 28.2. The Bertz CT molecular complexity index is 1330. The van der Waals surface area contributed by atoms with Crippen molar-refractivity contribution in [3.63, 3.8) is 0 Å². The zero-order valence-electron chi connectivity index (χ0n) is 21.4. The fraction of sp³-hybridized carbons (Fsp3) is 0.286. The van der Waals surface area contributed by atoms with E-state index >= 15 is 0 Å². The maximum atomic E-state index is 13.8. The van der Waals surface area contributed by atoms with Crippen LogP contribution in [0.4, 0.5) is 5.69 Å². The van der Waals surface area contributed by atoms with Gasteiger partial charge in [-0.3, -0.25) is 13.9 Å². The summed E-state index contributed by atoms with van der Waals surface area (Å²) in [5.41, 5.74) is 3.11. The largest absolute Gasteiger partial charge is 0.357 e. The summed E-state index contributed by atoms with van der Waals surface area (Å²) in [5.74, 6) is -0.816. The molecular weight excluding hydrogens is 510 g/mol. The first-order valence-electron chi connectivity index (χ1n) is 12.0. The van der Waals surface area contributed by atoms with E-state index in [1.54, 1.807) is 36.4 Å².